The highest BCUT2D eigenvalue weighted by atomic mass is 19.1. The zero-order valence-electron chi connectivity index (χ0n) is 17.3. The summed E-state index contributed by atoms with van der Waals surface area (Å²) in [7, 11) is 1.39. The fraction of sp³-hybridized carbons (Fsp3) is 0.217. The number of H-pyrrole nitrogens is 1. The first-order valence-electron chi connectivity index (χ1n) is 10.0. The zero-order valence-corrected chi connectivity index (χ0v) is 17.3. The van der Waals surface area contributed by atoms with Gasteiger partial charge in [0.2, 0.25) is 0 Å². The monoisotopic (exact) mass is 436 g/mol. The van der Waals surface area contributed by atoms with Crippen molar-refractivity contribution >= 4 is 11.6 Å². The van der Waals surface area contributed by atoms with E-state index in [4.69, 9.17) is 9.57 Å². The molecule has 1 atom stereocenters. The van der Waals surface area contributed by atoms with Crippen LogP contribution in [0.15, 0.2) is 64.5 Å². The van der Waals surface area contributed by atoms with Gasteiger partial charge in [0.1, 0.15) is 5.69 Å². The third-order valence-corrected chi connectivity index (χ3v) is 5.10. The number of aromatic nitrogens is 2. The largest absolute Gasteiger partial charge is 0.494 e. The molecule has 164 valence electrons. The lowest BCUT2D eigenvalue weighted by Crippen LogP contribution is -2.29. The van der Waals surface area contributed by atoms with Crippen LogP contribution in [-0.2, 0) is 11.3 Å². The van der Waals surface area contributed by atoms with Crippen LogP contribution in [0.3, 0.4) is 0 Å². The average molecular weight is 436 g/mol. The lowest BCUT2D eigenvalue weighted by Gasteiger charge is -2.08. The molecule has 0 fully saturated rings. The lowest BCUT2D eigenvalue weighted by molar-refractivity contribution is 0.0857. The molecule has 2 N–H and O–H groups in total. The molecule has 1 aromatic heterocycles. The molecule has 3 aromatic rings. The molecular weight excluding hydrogens is 415 g/mol. The minimum Gasteiger partial charge on any atom is -0.494 e. The number of methoxy groups -OCH3 is 1. The summed E-state index contributed by atoms with van der Waals surface area (Å²) < 4.78 is 18.5. The molecule has 9 heteroatoms. The highest BCUT2D eigenvalue weighted by Crippen LogP contribution is 2.28. The van der Waals surface area contributed by atoms with Gasteiger partial charge in [0.25, 0.3) is 11.5 Å². The summed E-state index contributed by atoms with van der Waals surface area (Å²) in [4.78, 5) is 30.3. The van der Waals surface area contributed by atoms with E-state index < -0.39 is 17.3 Å². The summed E-state index contributed by atoms with van der Waals surface area (Å²) in [6.45, 7) is 0.296. The van der Waals surface area contributed by atoms with Gasteiger partial charge < -0.3 is 14.9 Å². The van der Waals surface area contributed by atoms with Crippen LogP contribution in [0.5, 0.6) is 5.75 Å². The van der Waals surface area contributed by atoms with Crippen molar-refractivity contribution in [3.63, 3.8) is 0 Å². The molecule has 32 heavy (non-hydrogen) atoms. The second-order valence-corrected chi connectivity index (χ2v) is 7.22. The summed E-state index contributed by atoms with van der Waals surface area (Å²) in [6.07, 6.45) is 0.589. The summed E-state index contributed by atoms with van der Waals surface area (Å²) in [6, 6.07) is 15.5. The van der Waals surface area contributed by atoms with E-state index in [9.17, 15) is 14.0 Å². The van der Waals surface area contributed by atoms with Crippen molar-refractivity contribution in [2.45, 2.75) is 18.9 Å². The number of nitrogens with one attached hydrogen (secondary N) is 2. The minimum atomic E-state index is -0.448. The van der Waals surface area contributed by atoms with Crippen molar-refractivity contribution in [3.05, 3.63) is 93.2 Å². The highest BCUT2D eigenvalue weighted by Gasteiger charge is 2.26. The predicted octanol–water partition coefficient (Wildman–Crippen LogP) is 2.76. The number of hydrogen-bond donors (Lipinski definition) is 2. The molecule has 1 amide bonds. The second-order valence-electron chi connectivity index (χ2n) is 7.22. The van der Waals surface area contributed by atoms with Gasteiger partial charge in [-0.1, -0.05) is 41.6 Å². The van der Waals surface area contributed by atoms with Gasteiger partial charge in [-0.15, -0.1) is 0 Å². The molecule has 0 saturated carbocycles. The van der Waals surface area contributed by atoms with Crippen molar-refractivity contribution < 1.29 is 18.8 Å². The average Bonchev–Trinajstić information content (AvgIpc) is 3.31. The maximum atomic E-state index is 13.5. The van der Waals surface area contributed by atoms with E-state index in [-0.39, 0.29) is 23.1 Å². The van der Waals surface area contributed by atoms with Crippen molar-refractivity contribution in [2.75, 3.05) is 13.7 Å². The van der Waals surface area contributed by atoms with Crippen LogP contribution >= 0.6 is 0 Å². The molecule has 0 radical (unpaired) electrons. The first-order valence-corrected chi connectivity index (χ1v) is 10.0. The number of rotatable bonds is 7. The number of hydrogen-bond acceptors (Lipinski definition) is 6. The quantitative estimate of drug-likeness (QED) is 0.593. The molecule has 4 rings (SSSR count). The predicted molar refractivity (Wildman–Crippen MR) is 115 cm³/mol. The zero-order chi connectivity index (χ0) is 22.5. The van der Waals surface area contributed by atoms with Gasteiger partial charge in [0, 0.05) is 13.0 Å². The number of amides is 1. The van der Waals surface area contributed by atoms with Gasteiger partial charge >= 0.3 is 0 Å². The number of aromatic amines is 1. The van der Waals surface area contributed by atoms with Gasteiger partial charge in [0.05, 0.1) is 18.4 Å². The van der Waals surface area contributed by atoms with Crippen LogP contribution in [0, 0.1) is 5.82 Å². The Labute approximate surface area is 183 Å². The number of carbonyl (C=O) groups excluding carboxylic acids is 1. The van der Waals surface area contributed by atoms with Gasteiger partial charge in [-0.2, -0.15) is 5.10 Å². The molecule has 0 aliphatic carbocycles. The topological polar surface area (TPSA) is 106 Å². The number of carbonyl (C=O) groups is 1. The normalized spacial score (nSPS) is 15.1. The Hall–Kier alpha value is -4.01. The second kappa shape index (κ2) is 9.42. The maximum absolute atomic E-state index is 13.5. The Kier molecular flexibility index (Phi) is 6.25. The van der Waals surface area contributed by atoms with Crippen LogP contribution in [-0.4, -0.2) is 35.5 Å². The summed E-state index contributed by atoms with van der Waals surface area (Å²) in [5, 5.41) is 13.0. The van der Waals surface area contributed by atoms with Crippen molar-refractivity contribution in [2.24, 2.45) is 5.16 Å². The van der Waals surface area contributed by atoms with Crippen LogP contribution in [0.1, 0.15) is 39.7 Å². The van der Waals surface area contributed by atoms with E-state index in [0.717, 1.165) is 11.1 Å². The number of oxime groups is 1. The maximum Gasteiger partial charge on any atom is 0.273 e. The Balaban J connectivity index is 1.40. The van der Waals surface area contributed by atoms with Crippen molar-refractivity contribution in [3.8, 4) is 5.75 Å². The molecule has 1 aliphatic rings. The standard InChI is InChI=1S/C23H21FN4O4/c1-31-21-11-14(7-8-17(21)24)9-10-25-23(30)19-12-16(22(29)27-26-19)18-13-20(32-28-18)15-5-3-2-4-6-15/h2-8,11-12,20H,9-10,13H2,1H3,(H,25,30)(H,27,29). The third-order valence-electron chi connectivity index (χ3n) is 5.10. The van der Waals surface area contributed by atoms with Crippen LogP contribution in [0.25, 0.3) is 0 Å². The fourth-order valence-electron chi connectivity index (χ4n) is 3.39. The Morgan fingerprint density at radius 3 is 2.84 bits per heavy atom. The van der Waals surface area contributed by atoms with Crippen LogP contribution in [0.4, 0.5) is 4.39 Å². The molecule has 1 aliphatic heterocycles. The van der Waals surface area contributed by atoms with E-state index in [2.05, 4.69) is 20.7 Å². The van der Waals surface area contributed by atoms with Gasteiger partial charge in [0.15, 0.2) is 17.7 Å². The number of ether oxygens (including phenoxy) is 1. The molecule has 1 unspecified atom stereocenters. The SMILES string of the molecule is COc1cc(CCNC(=O)c2cc(C3=NOC(c4ccccc4)C3)c(=O)[nH]n2)ccc1F. The lowest BCUT2D eigenvalue weighted by atomic mass is 10.0. The summed E-state index contributed by atoms with van der Waals surface area (Å²) in [5.41, 5.74) is 2.06. The van der Waals surface area contributed by atoms with Gasteiger partial charge in [-0.3, -0.25) is 9.59 Å². The smallest absolute Gasteiger partial charge is 0.273 e. The fourth-order valence-corrected chi connectivity index (χ4v) is 3.39. The van der Waals surface area contributed by atoms with E-state index in [1.54, 1.807) is 12.1 Å². The number of benzene rings is 2. The van der Waals surface area contributed by atoms with E-state index >= 15 is 0 Å². The molecule has 2 heterocycles. The Morgan fingerprint density at radius 2 is 2.06 bits per heavy atom. The van der Waals surface area contributed by atoms with Gasteiger partial charge in [-0.25, -0.2) is 9.49 Å². The van der Waals surface area contributed by atoms with Crippen molar-refractivity contribution in [1.82, 2.24) is 15.5 Å². The number of halogens is 1. The molecule has 0 saturated heterocycles. The van der Waals surface area contributed by atoms with Gasteiger partial charge in [-0.05, 0) is 35.7 Å². The summed E-state index contributed by atoms with van der Waals surface area (Å²) in [5.74, 6) is -0.747. The molecule has 0 bridgehead atoms. The van der Waals surface area contributed by atoms with Crippen molar-refractivity contribution in [1.29, 1.82) is 0 Å². The minimum absolute atomic E-state index is 0.0575. The van der Waals surface area contributed by atoms with E-state index in [1.807, 2.05) is 30.3 Å². The molecule has 0 spiro atoms. The number of nitrogens with zero attached hydrogens (tertiary/aromatic N) is 2. The molecule has 2 aromatic carbocycles. The Morgan fingerprint density at radius 1 is 1.25 bits per heavy atom. The molecule has 8 nitrogen and oxygen atoms in total. The highest BCUT2D eigenvalue weighted by molar-refractivity contribution is 6.03. The van der Waals surface area contributed by atoms with E-state index in [1.165, 1.54) is 19.2 Å². The first-order chi connectivity index (χ1) is 15.5. The van der Waals surface area contributed by atoms with Crippen LogP contribution < -0.4 is 15.6 Å². The van der Waals surface area contributed by atoms with E-state index in [0.29, 0.717) is 25.1 Å². The summed E-state index contributed by atoms with van der Waals surface area (Å²) >= 11 is 0. The first kappa shape index (κ1) is 21.2. The third kappa shape index (κ3) is 4.66. The molecular formula is C23H21FN4O4. The van der Waals surface area contributed by atoms with Crippen LogP contribution in [0.2, 0.25) is 0 Å². The Bertz CT molecular complexity index is 1210.